The van der Waals surface area contributed by atoms with Crippen molar-refractivity contribution in [3.8, 4) is 5.69 Å². The Labute approximate surface area is 85.3 Å². The lowest BCUT2D eigenvalue weighted by Crippen LogP contribution is -2.00. The number of benzene rings is 1. The molecule has 0 fully saturated rings. The molecule has 0 saturated carbocycles. The molecule has 76 valence electrons. The van der Waals surface area contributed by atoms with Crippen LogP contribution >= 0.6 is 0 Å². The third kappa shape index (κ3) is 1.85. The first kappa shape index (κ1) is 9.39. The van der Waals surface area contributed by atoms with Crippen LogP contribution in [0.3, 0.4) is 0 Å². The zero-order valence-corrected chi connectivity index (χ0v) is 7.72. The van der Waals surface area contributed by atoms with Crippen molar-refractivity contribution in [2.45, 2.75) is 0 Å². The van der Waals surface area contributed by atoms with Crippen LogP contribution in [0, 0.1) is 5.82 Å². The molecule has 2 rings (SSSR count). The van der Waals surface area contributed by atoms with Gasteiger partial charge in [0.15, 0.2) is 5.82 Å². The van der Waals surface area contributed by atoms with Gasteiger partial charge in [-0.2, -0.15) is 0 Å². The van der Waals surface area contributed by atoms with E-state index in [4.69, 9.17) is 0 Å². The number of para-hydroxylation sites is 1. The van der Waals surface area contributed by atoms with Gasteiger partial charge >= 0.3 is 0 Å². The fourth-order valence-electron chi connectivity index (χ4n) is 1.23. The number of rotatable bonds is 3. The van der Waals surface area contributed by atoms with Crippen molar-refractivity contribution in [2.24, 2.45) is 0 Å². The van der Waals surface area contributed by atoms with Crippen LogP contribution in [0.15, 0.2) is 36.5 Å². The normalized spacial score (nSPS) is 9.93. The van der Waals surface area contributed by atoms with Gasteiger partial charge in [0.1, 0.15) is 11.5 Å². The quantitative estimate of drug-likeness (QED) is 0.773. The van der Waals surface area contributed by atoms with Gasteiger partial charge in [-0.25, -0.2) is 9.07 Å². The Balaban J connectivity index is 2.37. The van der Waals surface area contributed by atoms with E-state index in [1.54, 1.807) is 30.5 Å². The van der Waals surface area contributed by atoms with Crippen molar-refractivity contribution in [1.29, 1.82) is 0 Å². The van der Waals surface area contributed by atoms with Crippen LogP contribution in [0.25, 0.3) is 5.69 Å². The second kappa shape index (κ2) is 3.91. The fourth-order valence-corrected chi connectivity index (χ4v) is 1.23. The molecule has 0 aliphatic heterocycles. The number of carbonyl (C=O) groups is 1. The molecule has 15 heavy (non-hydrogen) atoms. The van der Waals surface area contributed by atoms with E-state index in [0.29, 0.717) is 17.9 Å². The largest absolute Gasteiger partial charge is 0.312 e. The molecule has 0 atom stereocenters. The number of anilines is 1. The lowest BCUT2D eigenvalue weighted by Gasteiger charge is -2.01. The van der Waals surface area contributed by atoms with Crippen LogP contribution in [0.4, 0.5) is 10.2 Å². The van der Waals surface area contributed by atoms with Crippen LogP contribution in [0.5, 0.6) is 0 Å². The average molecular weight is 205 g/mol. The van der Waals surface area contributed by atoms with Crippen LogP contribution in [-0.2, 0) is 4.79 Å². The predicted molar refractivity (Wildman–Crippen MR) is 53.2 cm³/mol. The zero-order valence-electron chi connectivity index (χ0n) is 7.72. The third-order valence-corrected chi connectivity index (χ3v) is 1.90. The van der Waals surface area contributed by atoms with Crippen molar-refractivity contribution < 1.29 is 9.18 Å². The highest BCUT2D eigenvalue weighted by Crippen LogP contribution is 2.13. The predicted octanol–water partition coefficient (Wildman–Crippen LogP) is 1.58. The van der Waals surface area contributed by atoms with E-state index in [9.17, 15) is 9.18 Å². The molecule has 4 nitrogen and oxygen atoms in total. The molecule has 2 aromatic rings. The molecule has 5 heteroatoms. The second-order valence-corrected chi connectivity index (χ2v) is 2.86. The average Bonchev–Trinajstić information content (AvgIpc) is 2.68. The first-order chi connectivity index (χ1) is 7.31. The summed E-state index contributed by atoms with van der Waals surface area (Å²) in [6, 6.07) is 7.86. The summed E-state index contributed by atoms with van der Waals surface area (Å²) >= 11 is 0. The fraction of sp³-hybridized carbons (Fsp3) is 0. The minimum absolute atomic E-state index is 0.344. The summed E-state index contributed by atoms with van der Waals surface area (Å²) in [6.07, 6.45) is 2.10. The molecule has 0 spiro atoms. The van der Waals surface area contributed by atoms with Crippen molar-refractivity contribution in [1.82, 2.24) is 9.78 Å². The van der Waals surface area contributed by atoms with Gasteiger partial charge in [0.25, 0.3) is 0 Å². The smallest absolute Gasteiger partial charge is 0.212 e. The topological polar surface area (TPSA) is 46.9 Å². The van der Waals surface area contributed by atoms with Crippen molar-refractivity contribution in [3.63, 3.8) is 0 Å². The second-order valence-electron chi connectivity index (χ2n) is 2.86. The molecular formula is C10H8FN3O. The molecule has 1 amide bonds. The standard InChI is InChI=1S/C10H8FN3O/c11-8-3-1-2-4-9(8)14-6-5-10(13-14)12-7-15/h1-7H,(H,12,13,15). The van der Waals surface area contributed by atoms with Gasteiger partial charge < -0.3 is 5.32 Å². The molecule has 0 aliphatic carbocycles. The Morgan fingerprint density at radius 3 is 2.87 bits per heavy atom. The summed E-state index contributed by atoms with van der Waals surface area (Å²) in [5, 5.41) is 6.35. The summed E-state index contributed by atoms with van der Waals surface area (Å²) in [7, 11) is 0. The number of halogens is 1. The first-order valence-corrected chi connectivity index (χ1v) is 4.32. The van der Waals surface area contributed by atoms with Crippen molar-refractivity contribution in [2.75, 3.05) is 5.32 Å². The molecule has 1 aromatic heterocycles. The number of nitrogens with zero attached hydrogens (tertiary/aromatic N) is 2. The zero-order chi connectivity index (χ0) is 10.7. The highest BCUT2D eigenvalue weighted by molar-refractivity contribution is 5.68. The van der Waals surface area contributed by atoms with Crippen molar-refractivity contribution in [3.05, 3.63) is 42.3 Å². The number of carbonyl (C=O) groups excluding carboxylic acids is 1. The summed E-state index contributed by atoms with van der Waals surface area (Å²) in [6.45, 7) is 0. The van der Waals surface area contributed by atoms with E-state index in [0.717, 1.165) is 0 Å². The molecular weight excluding hydrogens is 197 g/mol. The van der Waals surface area contributed by atoms with Gasteiger partial charge in [-0.3, -0.25) is 4.79 Å². The molecule has 1 heterocycles. The Kier molecular flexibility index (Phi) is 2.45. The summed E-state index contributed by atoms with van der Waals surface area (Å²) in [5.41, 5.74) is 0.344. The molecule has 0 unspecified atom stereocenters. The molecule has 1 aromatic carbocycles. The Hall–Kier alpha value is -2.17. The minimum Gasteiger partial charge on any atom is -0.312 e. The SMILES string of the molecule is O=CNc1ccn(-c2ccccc2F)n1. The number of nitrogens with one attached hydrogen (secondary N) is 1. The maximum absolute atomic E-state index is 13.3. The maximum Gasteiger partial charge on any atom is 0.212 e. The van der Waals surface area contributed by atoms with E-state index in [2.05, 4.69) is 10.4 Å². The highest BCUT2D eigenvalue weighted by Gasteiger charge is 2.04. The lowest BCUT2D eigenvalue weighted by molar-refractivity contribution is -0.105. The van der Waals surface area contributed by atoms with Gasteiger partial charge in [-0.15, -0.1) is 5.10 Å². The highest BCUT2D eigenvalue weighted by atomic mass is 19.1. The molecule has 0 bridgehead atoms. The molecule has 0 saturated heterocycles. The van der Waals surface area contributed by atoms with Gasteiger partial charge in [0.2, 0.25) is 6.41 Å². The van der Waals surface area contributed by atoms with Gasteiger partial charge in [-0.1, -0.05) is 12.1 Å². The van der Waals surface area contributed by atoms with Gasteiger partial charge in [-0.05, 0) is 12.1 Å². The van der Waals surface area contributed by atoms with Crippen LogP contribution < -0.4 is 5.32 Å². The Bertz CT molecular complexity index is 481. The third-order valence-electron chi connectivity index (χ3n) is 1.90. The number of aromatic nitrogens is 2. The molecule has 0 radical (unpaired) electrons. The first-order valence-electron chi connectivity index (χ1n) is 4.32. The monoisotopic (exact) mass is 205 g/mol. The molecule has 1 N–H and O–H groups in total. The van der Waals surface area contributed by atoms with Gasteiger partial charge in [0, 0.05) is 12.3 Å². The van der Waals surface area contributed by atoms with Crippen LogP contribution in [-0.4, -0.2) is 16.2 Å². The van der Waals surface area contributed by atoms with E-state index >= 15 is 0 Å². The Morgan fingerprint density at radius 2 is 2.13 bits per heavy atom. The summed E-state index contributed by atoms with van der Waals surface area (Å²) in [4.78, 5) is 10.2. The number of hydrogen-bond acceptors (Lipinski definition) is 2. The Morgan fingerprint density at radius 1 is 1.33 bits per heavy atom. The number of hydrogen-bond donors (Lipinski definition) is 1. The van der Waals surface area contributed by atoms with Crippen molar-refractivity contribution >= 4 is 12.2 Å². The minimum atomic E-state index is -0.363. The molecule has 0 aliphatic rings. The van der Waals surface area contributed by atoms with Gasteiger partial charge in [0.05, 0.1) is 0 Å². The van der Waals surface area contributed by atoms with E-state index < -0.39 is 0 Å². The van der Waals surface area contributed by atoms with Crippen LogP contribution in [0.2, 0.25) is 0 Å². The maximum atomic E-state index is 13.3. The van der Waals surface area contributed by atoms with E-state index in [1.165, 1.54) is 10.7 Å². The lowest BCUT2D eigenvalue weighted by atomic mass is 10.3. The summed E-state index contributed by atoms with van der Waals surface area (Å²) in [5.74, 6) is 0.0199. The number of amides is 1. The summed E-state index contributed by atoms with van der Waals surface area (Å²) < 4.78 is 14.7. The van der Waals surface area contributed by atoms with E-state index in [1.807, 2.05) is 0 Å². The van der Waals surface area contributed by atoms with Crippen LogP contribution in [0.1, 0.15) is 0 Å². The van der Waals surface area contributed by atoms with E-state index in [-0.39, 0.29) is 5.82 Å².